The first-order valence-electron chi connectivity index (χ1n) is 8.73. The molecule has 0 spiro atoms. The zero-order chi connectivity index (χ0) is 14.9. The number of benzene rings is 1. The molecule has 1 aromatic rings. The van der Waals surface area contributed by atoms with Crippen LogP contribution in [0.4, 0.5) is 0 Å². The minimum atomic E-state index is 0.327. The van der Waals surface area contributed by atoms with Gasteiger partial charge in [-0.2, -0.15) is 0 Å². The molecule has 1 saturated carbocycles. The van der Waals surface area contributed by atoms with Crippen LogP contribution in [0, 0.1) is 5.92 Å². The van der Waals surface area contributed by atoms with Gasteiger partial charge in [-0.25, -0.2) is 0 Å². The van der Waals surface area contributed by atoms with Crippen molar-refractivity contribution in [1.29, 1.82) is 0 Å². The van der Waals surface area contributed by atoms with Crippen LogP contribution in [0.2, 0.25) is 0 Å². The first-order valence-corrected chi connectivity index (χ1v) is 8.73. The van der Waals surface area contributed by atoms with Gasteiger partial charge in [0.25, 0.3) is 0 Å². The number of hydrogen-bond donors (Lipinski definition) is 1. The second-order valence-electron chi connectivity index (χ2n) is 6.31. The van der Waals surface area contributed by atoms with E-state index in [1.54, 1.807) is 0 Å². The molecular weight excluding hydrogens is 258 g/mol. The molecule has 1 N–H and O–H groups in total. The van der Waals surface area contributed by atoms with E-state index in [2.05, 4.69) is 49.5 Å². The van der Waals surface area contributed by atoms with Crippen LogP contribution in [-0.2, 0) is 4.74 Å². The van der Waals surface area contributed by atoms with Crippen molar-refractivity contribution in [3.05, 3.63) is 35.9 Å². The molecule has 0 amide bonds. The summed E-state index contributed by atoms with van der Waals surface area (Å²) in [6, 6.07) is 11.0. The molecule has 2 rings (SSSR count). The number of rotatable bonds is 8. The van der Waals surface area contributed by atoms with E-state index in [9.17, 15) is 0 Å². The summed E-state index contributed by atoms with van der Waals surface area (Å²) >= 11 is 0. The van der Waals surface area contributed by atoms with Crippen molar-refractivity contribution in [2.75, 3.05) is 13.2 Å². The fourth-order valence-corrected chi connectivity index (χ4v) is 3.27. The zero-order valence-electron chi connectivity index (χ0n) is 13.7. The summed E-state index contributed by atoms with van der Waals surface area (Å²) in [5.41, 5.74) is 1.34. The van der Waals surface area contributed by atoms with Crippen LogP contribution in [0.3, 0.4) is 0 Å². The van der Waals surface area contributed by atoms with E-state index >= 15 is 0 Å². The Bertz CT molecular complexity index is 378. The fourth-order valence-electron chi connectivity index (χ4n) is 3.27. The van der Waals surface area contributed by atoms with Crippen molar-refractivity contribution >= 4 is 0 Å². The Balaban J connectivity index is 1.86. The van der Waals surface area contributed by atoms with E-state index in [4.69, 9.17) is 4.74 Å². The largest absolute Gasteiger partial charge is 0.376 e. The molecule has 0 heterocycles. The topological polar surface area (TPSA) is 21.3 Å². The van der Waals surface area contributed by atoms with E-state index in [0.29, 0.717) is 12.1 Å². The van der Waals surface area contributed by atoms with Gasteiger partial charge in [0, 0.05) is 0 Å². The third-order valence-corrected chi connectivity index (χ3v) is 4.65. The molecular formula is C19H31NO. The monoisotopic (exact) mass is 289 g/mol. The molecule has 0 bridgehead atoms. The lowest BCUT2D eigenvalue weighted by atomic mass is 9.85. The third kappa shape index (κ3) is 5.44. The van der Waals surface area contributed by atoms with Crippen LogP contribution < -0.4 is 5.32 Å². The maximum atomic E-state index is 6.27. The van der Waals surface area contributed by atoms with Crippen LogP contribution in [-0.4, -0.2) is 19.3 Å². The lowest BCUT2D eigenvalue weighted by Crippen LogP contribution is -2.30. The Hall–Kier alpha value is -0.860. The summed E-state index contributed by atoms with van der Waals surface area (Å²) < 4.78 is 6.27. The molecule has 2 heteroatoms. The van der Waals surface area contributed by atoms with E-state index < -0.39 is 0 Å². The Morgan fingerprint density at radius 2 is 2.00 bits per heavy atom. The van der Waals surface area contributed by atoms with Gasteiger partial charge in [0.15, 0.2) is 0 Å². The number of nitrogens with one attached hydrogen (secondary N) is 1. The van der Waals surface area contributed by atoms with E-state index in [0.717, 1.165) is 25.5 Å². The molecule has 1 fully saturated rings. The number of ether oxygens (including phenoxy) is 1. The molecule has 1 aromatic carbocycles. The van der Waals surface area contributed by atoms with Gasteiger partial charge in [0.1, 0.15) is 0 Å². The summed E-state index contributed by atoms with van der Waals surface area (Å²) in [6.07, 6.45) is 8.16. The van der Waals surface area contributed by atoms with Crippen molar-refractivity contribution in [3.8, 4) is 0 Å². The average Bonchev–Trinajstić information content (AvgIpc) is 2.56. The van der Waals surface area contributed by atoms with E-state index in [1.165, 1.54) is 37.7 Å². The van der Waals surface area contributed by atoms with Crippen molar-refractivity contribution in [2.24, 2.45) is 5.92 Å². The molecule has 1 aliphatic carbocycles. The van der Waals surface area contributed by atoms with E-state index in [1.807, 2.05) is 0 Å². The van der Waals surface area contributed by atoms with Crippen LogP contribution in [0.25, 0.3) is 0 Å². The van der Waals surface area contributed by atoms with Crippen molar-refractivity contribution in [1.82, 2.24) is 5.32 Å². The molecule has 0 saturated heterocycles. The van der Waals surface area contributed by atoms with Gasteiger partial charge in [0.05, 0.1) is 18.8 Å². The molecule has 3 atom stereocenters. The highest BCUT2D eigenvalue weighted by molar-refractivity contribution is 5.18. The molecule has 118 valence electrons. The zero-order valence-corrected chi connectivity index (χ0v) is 13.7. The van der Waals surface area contributed by atoms with Crippen molar-refractivity contribution in [2.45, 2.75) is 64.5 Å². The summed E-state index contributed by atoms with van der Waals surface area (Å²) in [5.74, 6) is 0.877. The first-order chi connectivity index (χ1) is 10.3. The quantitative estimate of drug-likeness (QED) is 0.748. The maximum absolute atomic E-state index is 6.27. The first kappa shape index (κ1) is 16.5. The van der Waals surface area contributed by atoms with Crippen molar-refractivity contribution < 1.29 is 4.74 Å². The second kappa shape index (κ2) is 9.22. The average molecular weight is 289 g/mol. The fraction of sp³-hybridized carbons (Fsp3) is 0.684. The van der Waals surface area contributed by atoms with Crippen LogP contribution in [0.15, 0.2) is 30.3 Å². The molecule has 3 unspecified atom stereocenters. The van der Waals surface area contributed by atoms with Gasteiger partial charge in [0.2, 0.25) is 0 Å². The summed E-state index contributed by atoms with van der Waals surface area (Å²) in [7, 11) is 0. The predicted molar refractivity (Wildman–Crippen MR) is 89.5 cm³/mol. The molecule has 0 aliphatic heterocycles. The molecule has 0 aromatic heterocycles. The summed E-state index contributed by atoms with van der Waals surface area (Å²) in [4.78, 5) is 0. The standard InChI is InChI=1S/C19H31NO/c1-3-13-20-19(17-10-6-5-7-11-17)15-21-18-12-8-9-16(4-2)14-18/h5-7,10-11,16,18-20H,3-4,8-9,12-15H2,1-2H3. The van der Waals surface area contributed by atoms with Gasteiger partial charge >= 0.3 is 0 Å². The van der Waals surface area contributed by atoms with Crippen LogP contribution in [0.5, 0.6) is 0 Å². The summed E-state index contributed by atoms with van der Waals surface area (Å²) in [6.45, 7) is 6.36. The highest BCUT2D eigenvalue weighted by Gasteiger charge is 2.22. The minimum absolute atomic E-state index is 0.327. The lowest BCUT2D eigenvalue weighted by molar-refractivity contribution is 0.00124. The smallest absolute Gasteiger partial charge is 0.0665 e. The lowest BCUT2D eigenvalue weighted by Gasteiger charge is -2.30. The minimum Gasteiger partial charge on any atom is -0.376 e. The maximum Gasteiger partial charge on any atom is 0.0665 e. The molecule has 21 heavy (non-hydrogen) atoms. The van der Waals surface area contributed by atoms with Gasteiger partial charge in [-0.05, 0) is 37.3 Å². The van der Waals surface area contributed by atoms with Gasteiger partial charge < -0.3 is 10.1 Å². The highest BCUT2D eigenvalue weighted by atomic mass is 16.5. The van der Waals surface area contributed by atoms with Gasteiger partial charge in [-0.1, -0.05) is 63.4 Å². The Morgan fingerprint density at radius 1 is 1.19 bits per heavy atom. The molecule has 0 radical (unpaired) electrons. The number of hydrogen-bond acceptors (Lipinski definition) is 2. The molecule has 2 nitrogen and oxygen atoms in total. The SMILES string of the molecule is CCCNC(COC1CCCC(CC)C1)c1ccccc1. The van der Waals surface area contributed by atoms with E-state index in [-0.39, 0.29) is 0 Å². The normalized spacial score (nSPS) is 23.9. The molecule has 1 aliphatic rings. The Labute approximate surface area is 130 Å². The second-order valence-corrected chi connectivity index (χ2v) is 6.31. The Kier molecular flexibility index (Phi) is 7.25. The highest BCUT2D eigenvalue weighted by Crippen LogP contribution is 2.29. The van der Waals surface area contributed by atoms with Crippen molar-refractivity contribution in [3.63, 3.8) is 0 Å². The van der Waals surface area contributed by atoms with Gasteiger partial charge in [-0.15, -0.1) is 0 Å². The van der Waals surface area contributed by atoms with Gasteiger partial charge in [-0.3, -0.25) is 0 Å². The predicted octanol–water partition coefficient (Wildman–Crippen LogP) is 4.71. The van der Waals surface area contributed by atoms with Crippen LogP contribution in [0.1, 0.15) is 64.0 Å². The third-order valence-electron chi connectivity index (χ3n) is 4.65. The summed E-state index contributed by atoms with van der Waals surface area (Å²) in [5, 5.41) is 3.63. The van der Waals surface area contributed by atoms with Crippen LogP contribution >= 0.6 is 0 Å². The Morgan fingerprint density at radius 3 is 2.71 bits per heavy atom.